The van der Waals surface area contributed by atoms with Crippen LogP contribution in [0.1, 0.15) is 19.8 Å². The van der Waals surface area contributed by atoms with E-state index in [9.17, 15) is 0 Å². The first kappa shape index (κ1) is 16.1. The quantitative estimate of drug-likeness (QED) is 0.881. The van der Waals surface area contributed by atoms with Gasteiger partial charge in [0.05, 0.1) is 15.7 Å². The molecular formula is C18H20Cl2N4. The van der Waals surface area contributed by atoms with Gasteiger partial charge in [-0.05, 0) is 63.0 Å². The molecule has 3 fully saturated rings. The molecule has 3 aliphatic rings. The number of anilines is 1. The average molecular weight is 363 g/mol. The Kier molecular flexibility index (Phi) is 4.37. The lowest BCUT2D eigenvalue weighted by atomic mass is 9.79. The minimum Gasteiger partial charge on any atom is -0.364 e. The first-order chi connectivity index (χ1) is 11.6. The highest BCUT2D eigenvalue weighted by Gasteiger charge is 2.39. The molecule has 2 bridgehead atoms. The molecule has 0 saturated carbocycles. The number of benzene rings is 1. The third kappa shape index (κ3) is 2.99. The molecular weight excluding hydrogens is 343 g/mol. The average Bonchev–Trinajstić information content (AvgIpc) is 2.61. The number of nitrogens with zero attached hydrogens (tertiary/aromatic N) is 3. The highest BCUT2D eigenvalue weighted by molar-refractivity contribution is 6.42. The molecule has 1 aromatic carbocycles. The number of aromatic nitrogens is 2. The lowest BCUT2D eigenvalue weighted by molar-refractivity contribution is 0.0457. The molecule has 126 valence electrons. The summed E-state index contributed by atoms with van der Waals surface area (Å²) in [6.07, 6.45) is 2.55. The zero-order valence-electron chi connectivity index (χ0n) is 13.5. The number of nitrogens with one attached hydrogen (secondary N) is 1. The van der Waals surface area contributed by atoms with Crippen LogP contribution in [-0.2, 0) is 0 Å². The van der Waals surface area contributed by atoms with Gasteiger partial charge in [-0.15, -0.1) is 10.2 Å². The minimum absolute atomic E-state index is 0.456. The molecule has 2 atom stereocenters. The fraction of sp³-hybridized carbons (Fsp3) is 0.444. The zero-order chi connectivity index (χ0) is 16.7. The van der Waals surface area contributed by atoms with Gasteiger partial charge in [0, 0.05) is 17.6 Å². The lowest BCUT2D eigenvalue weighted by Crippen LogP contribution is -2.59. The summed E-state index contributed by atoms with van der Waals surface area (Å²) in [7, 11) is 0. The second kappa shape index (κ2) is 6.51. The minimum atomic E-state index is 0.456. The van der Waals surface area contributed by atoms with Gasteiger partial charge in [-0.3, -0.25) is 4.90 Å². The standard InChI is InChI=1S/C18H20Cl2N4/c1-11-18(12-6-8-24(11)9-7-12)21-17-5-4-16(22-23-17)13-2-3-14(19)15(20)10-13/h2-5,10-12,18H,6-9H2,1H3,(H,21,23). The van der Waals surface area contributed by atoms with E-state index < -0.39 is 0 Å². The third-order valence-electron chi connectivity index (χ3n) is 5.37. The molecule has 0 amide bonds. The monoisotopic (exact) mass is 362 g/mol. The molecule has 0 radical (unpaired) electrons. The number of hydrogen-bond acceptors (Lipinski definition) is 4. The molecule has 3 saturated heterocycles. The Morgan fingerprint density at radius 1 is 1.04 bits per heavy atom. The molecule has 5 rings (SSSR count). The van der Waals surface area contributed by atoms with Crippen LogP contribution in [0.2, 0.25) is 10.0 Å². The third-order valence-corrected chi connectivity index (χ3v) is 6.11. The van der Waals surface area contributed by atoms with E-state index in [0.717, 1.165) is 23.0 Å². The van der Waals surface area contributed by atoms with Gasteiger partial charge < -0.3 is 5.32 Å². The fourth-order valence-electron chi connectivity index (χ4n) is 3.93. The van der Waals surface area contributed by atoms with Crippen LogP contribution in [0, 0.1) is 5.92 Å². The van der Waals surface area contributed by atoms with Crippen LogP contribution in [0.25, 0.3) is 11.3 Å². The summed E-state index contributed by atoms with van der Waals surface area (Å²) in [6.45, 7) is 4.76. The van der Waals surface area contributed by atoms with Crippen molar-refractivity contribution in [3.05, 3.63) is 40.4 Å². The van der Waals surface area contributed by atoms with Crippen molar-refractivity contribution in [3.63, 3.8) is 0 Å². The van der Waals surface area contributed by atoms with E-state index >= 15 is 0 Å². The van der Waals surface area contributed by atoms with Crippen molar-refractivity contribution in [2.24, 2.45) is 5.92 Å². The van der Waals surface area contributed by atoms with E-state index in [1.807, 2.05) is 24.3 Å². The van der Waals surface area contributed by atoms with E-state index in [2.05, 4.69) is 27.3 Å². The van der Waals surface area contributed by atoms with Crippen LogP contribution < -0.4 is 5.32 Å². The Balaban J connectivity index is 1.50. The van der Waals surface area contributed by atoms with Crippen molar-refractivity contribution in [1.82, 2.24) is 15.1 Å². The van der Waals surface area contributed by atoms with Crippen LogP contribution >= 0.6 is 23.2 Å². The highest BCUT2D eigenvalue weighted by Crippen LogP contribution is 2.34. The van der Waals surface area contributed by atoms with E-state index in [-0.39, 0.29) is 0 Å². The maximum atomic E-state index is 6.08. The number of hydrogen-bond donors (Lipinski definition) is 1. The summed E-state index contributed by atoms with van der Waals surface area (Å²) >= 11 is 12.0. The molecule has 0 aliphatic carbocycles. The first-order valence-corrected chi connectivity index (χ1v) is 9.17. The normalized spacial score (nSPS) is 28.8. The van der Waals surface area contributed by atoms with E-state index in [1.165, 1.54) is 25.9 Å². The summed E-state index contributed by atoms with van der Waals surface area (Å²) < 4.78 is 0. The van der Waals surface area contributed by atoms with Crippen molar-refractivity contribution in [2.45, 2.75) is 31.8 Å². The van der Waals surface area contributed by atoms with Gasteiger partial charge in [-0.1, -0.05) is 29.3 Å². The second-order valence-electron chi connectivity index (χ2n) is 6.72. The fourth-order valence-corrected chi connectivity index (χ4v) is 4.23. The van der Waals surface area contributed by atoms with E-state index in [4.69, 9.17) is 23.2 Å². The van der Waals surface area contributed by atoms with Gasteiger partial charge in [0.1, 0.15) is 5.82 Å². The van der Waals surface area contributed by atoms with Gasteiger partial charge in [-0.2, -0.15) is 0 Å². The van der Waals surface area contributed by atoms with Crippen molar-refractivity contribution < 1.29 is 0 Å². The predicted molar refractivity (Wildman–Crippen MR) is 98.7 cm³/mol. The molecule has 1 aromatic heterocycles. The zero-order valence-corrected chi connectivity index (χ0v) is 15.1. The lowest BCUT2D eigenvalue weighted by Gasteiger charge is -2.50. The van der Waals surface area contributed by atoms with Crippen LogP contribution in [0.5, 0.6) is 0 Å². The molecule has 4 nitrogen and oxygen atoms in total. The molecule has 1 N–H and O–H groups in total. The predicted octanol–water partition coefficient (Wildman–Crippen LogP) is 4.35. The number of piperidine rings is 3. The molecule has 2 aromatic rings. The van der Waals surface area contributed by atoms with Crippen molar-refractivity contribution in [3.8, 4) is 11.3 Å². The summed E-state index contributed by atoms with van der Waals surface area (Å²) in [5, 5.41) is 13.4. The Hall–Kier alpha value is -1.36. The number of halogens is 2. The maximum Gasteiger partial charge on any atom is 0.148 e. The van der Waals surface area contributed by atoms with Crippen molar-refractivity contribution in [2.75, 3.05) is 18.4 Å². The van der Waals surface area contributed by atoms with Crippen LogP contribution in [0.4, 0.5) is 5.82 Å². The van der Waals surface area contributed by atoms with E-state index in [0.29, 0.717) is 22.1 Å². The Morgan fingerprint density at radius 3 is 2.46 bits per heavy atom. The van der Waals surface area contributed by atoms with Gasteiger partial charge in [-0.25, -0.2) is 0 Å². The number of rotatable bonds is 3. The maximum absolute atomic E-state index is 6.08. The summed E-state index contributed by atoms with van der Waals surface area (Å²) in [4.78, 5) is 2.56. The van der Waals surface area contributed by atoms with Crippen LogP contribution in [0.15, 0.2) is 30.3 Å². The largest absolute Gasteiger partial charge is 0.364 e. The van der Waals surface area contributed by atoms with Gasteiger partial charge in [0.2, 0.25) is 0 Å². The number of fused-ring (bicyclic) bond motifs is 3. The smallest absolute Gasteiger partial charge is 0.148 e. The molecule has 3 aliphatic heterocycles. The molecule has 6 heteroatoms. The Morgan fingerprint density at radius 2 is 1.83 bits per heavy atom. The van der Waals surface area contributed by atoms with Gasteiger partial charge in [0.25, 0.3) is 0 Å². The second-order valence-corrected chi connectivity index (χ2v) is 7.53. The van der Waals surface area contributed by atoms with Crippen molar-refractivity contribution in [1.29, 1.82) is 0 Å². The van der Waals surface area contributed by atoms with Gasteiger partial charge in [0.15, 0.2) is 0 Å². The summed E-state index contributed by atoms with van der Waals surface area (Å²) in [5.74, 6) is 1.57. The van der Waals surface area contributed by atoms with Gasteiger partial charge >= 0.3 is 0 Å². The van der Waals surface area contributed by atoms with Crippen LogP contribution in [0.3, 0.4) is 0 Å². The highest BCUT2D eigenvalue weighted by atomic mass is 35.5. The Labute approximate surface area is 152 Å². The van der Waals surface area contributed by atoms with Crippen LogP contribution in [-0.4, -0.2) is 40.3 Å². The summed E-state index contributed by atoms with van der Waals surface area (Å²) in [5.41, 5.74) is 1.71. The molecule has 2 unspecified atom stereocenters. The Bertz CT molecular complexity index is 724. The molecule has 24 heavy (non-hydrogen) atoms. The topological polar surface area (TPSA) is 41.1 Å². The molecule has 0 spiro atoms. The first-order valence-electron chi connectivity index (χ1n) is 8.41. The van der Waals surface area contributed by atoms with Crippen molar-refractivity contribution >= 4 is 29.0 Å². The SMILES string of the molecule is CC1C(Nc2ccc(-c3ccc(Cl)c(Cl)c3)nn2)C2CCN1CC2. The molecule has 4 heterocycles. The summed E-state index contributed by atoms with van der Waals surface area (Å²) in [6, 6.07) is 10.5. The van der Waals surface area contributed by atoms with E-state index in [1.54, 1.807) is 6.07 Å².